The van der Waals surface area contributed by atoms with E-state index < -0.39 is 12.1 Å². The molecule has 0 saturated heterocycles. The molecule has 1 aliphatic carbocycles. The molecule has 38 heavy (non-hydrogen) atoms. The van der Waals surface area contributed by atoms with Gasteiger partial charge in [0.2, 0.25) is 11.8 Å². The number of aliphatic hydroxyl groups is 1. The maximum Gasteiger partial charge on any atom is 0.248 e. The van der Waals surface area contributed by atoms with E-state index >= 15 is 0 Å². The smallest absolute Gasteiger partial charge is 0.248 e. The third-order valence-corrected chi connectivity index (χ3v) is 7.72. The molecular weight excluding hydrogens is 482 g/mol. The van der Waals surface area contributed by atoms with Gasteiger partial charge in [0, 0.05) is 29.5 Å². The number of carbonyl (C=O) groups excluding carboxylic acids is 2. The lowest BCUT2D eigenvalue weighted by Gasteiger charge is -2.31. The molecule has 0 aromatic heterocycles. The fraction of sp³-hybridized carbons (Fsp3) is 0.414. The van der Waals surface area contributed by atoms with Crippen LogP contribution in [-0.2, 0) is 23.3 Å². The predicted octanol–water partition coefficient (Wildman–Crippen LogP) is 2.55. The number of nitrogens with two attached hydrogens (primary N) is 2. The van der Waals surface area contributed by atoms with Gasteiger partial charge in [-0.05, 0) is 67.5 Å². The molecule has 2 aromatic rings. The van der Waals surface area contributed by atoms with Gasteiger partial charge in [-0.25, -0.2) is 4.99 Å². The molecule has 1 spiro atoms. The van der Waals surface area contributed by atoms with Crippen LogP contribution in [0.2, 0.25) is 0 Å². The van der Waals surface area contributed by atoms with Crippen molar-refractivity contribution in [1.29, 1.82) is 0 Å². The Balaban J connectivity index is 1.20. The van der Waals surface area contributed by atoms with Crippen LogP contribution in [0.3, 0.4) is 0 Å². The van der Waals surface area contributed by atoms with Crippen LogP contribution in [0.1, 0.15) is 71.6 Å². The van der Waals surface area contributed by atoms with Crippen LogP contribution in [-0.4, -0.2) is 46.7 Å². The molecule has 3 aliphatic rings. The largest absolute Gasteiger partial charge is 0.494 e. The number of nitrogens with zero attached hydrogens (tertiary/aromatic N) is 2. The first-order valence-corrected chi connectivity index (χ1v) is 13.2. The van der Waals surface area contributed by atoms with Crippen molar-refractivity contribution in [3.8, 4) is 5.75 Å². The summed E-state index contributed by atoms with van der Waals surface area (Å²) in [5, 5.41) is 13.5. The summed E-state index contributed by atoms with van der Waals surface area (Å²) >= 11 is 0. The number of benzene rings is 2. The number of aliphatic hydroxyl groups excluding tert-OH is 1. The van der Waals surface area contributed by atoms with E-state index in [1.807, 2.05) is 6.92 Å². The highest BCUT2D eigenvalue weighted by molar-refractivity contribution is 5.98. The number of rotatable bonds is 9. The molecular formula is C29H35N5O4. The Morgan fingerprint density at radius 1 is 1.29 bits per heavy atom. The molecule has 2 atom stereocenters. The lowest BCUT2D eigenvalue weighted by molar-refractivity contribution is -0.128. The van der Waals surface area contributed by atoms with Crippen molar-refractivity contribution in [2.24, 2.45) is 16.5 Å². The summed E-state index contributed by atoms with van der Waals surface area (Å²) in [4.78, 5) is 30.6. The lowest BCUT2D eigenvalue weighted by Crippen LogP contribution is -2.46. The fourth-order valence-electron chi connectivity index (χ4n) is 5.48. The average molecular weight is 518 g/mol. The highest BCUT2D eigenvalue weighted by atomic mass is 16.5. The molecule has 2 heterocycles. The number of ether oxygens (including phenoxy) is 1. The van der Waals surface area contributed by atoms with Crippen LogP contribution >= 0.6 is 0 Å². The zero-order valence-corrected chi connectivity index (χ0v) is 21.7. The topological polar surface area (TPSA) is 143 Å². The highest BCUT2D eigenvalue weighted by Gasteiger charge is 2.53. The van der Waals surface area contributed by atoms with Gasteiger partial charge in [-0.1, -0.05) is 30.4 Å². The number of fused-ring (bicyclic) bond motifs is 2. The average Bonchev–Trinajstić information content (AvgIpc) is 3.69. The Kier molecular flexibility index (Phi) is 7.23. The van der Waals surface area contributed by atoms with E-state index in [1.165, 1.54) is 16.0 Å². The molecule has 9 nitrogen and oxygen atoms in total. The van der Waals surface area contributed by atoms with Gasteiger partial charge >= 0.3 is 0 Å². The van der Waals surface area contributed by atoms with E-state index in [0.29, 0.717) is 36.4 Å². The normalized spacial score (nSPS) is 21.9. The molecule has 0 bridgehead atoms. The second-order valence-electron chi connectivity index (χ2n) is 10.3. The summed E-state index contributed by atoms with van der Waals surface area (Å²) in [5.41, 5.74) is 16.2. The molecule has 9 heteroatoms. The number of carbonyl (C=O) groups is 2. The zero-order valence-electron chi connectivity index (χ0n) is 21.7. The van der Waals surface area contributed by atoms with Crippen molar-refractivity contribution < 1.29 is 19.4 Å². The van der Waals surface area contributed by atoms with E-state index in [4.69, 9.17) is 16.2 Å². The minimum Gasteiger partial charge on any atom is -0.494 e. The number of aliphatic imine (C=N–C) groups is 1. The van der Waals surface area contributed by atoms with E-state index in [2.05, 4.69) is 40.7 Å². The first-order valence-electron chi connectivity index (χ1n) is 13.2. The molecule has 5 rings (SSSR count). The van der Waals surface area contributed by atoms with Gasteiger partial charge in [-0.15, -0.1) is 0 Å². The molecule has 1 fully saturated rings. The maximum atomic E-state index is 13.0. The summed E-state index contributed by atoms with van der Waals surface area (Å²) < 4.78 is 5.66. The van der Waals surface area contributed by atoms with Crippen LogP contribution in [0.25, 0.3) is 6.08 Å². The van der Waals surface area contributed by atoms with Crippen molar-refractivity contribution in [3.63, 3.8) is 0 Å². The Morgan fingerprint density at radius 3 is 2.82 bits per heavy atom. The van der Waals surface area contributed by atoms with Gasteiger partial charge < -0.3 is 21.3 Å². The molecule has 2 aliphatic heterocycles. The number of hydrogen-bond donors (Lipinski definition) is 4. The summed E-state index contributed by atoms with van der Waals surface area (Å²) in [6.45, 7) is 3.14. The number of guanidine groups is 1. The molecule has 2 unspecified atom stereocenters. The number of allylic oxidation sites excluding steroid dienone is 1. The number of primary amides is 1. The fourth-order valence-corrected chi connectivity index (χ4v) is 5.48. The number of nitrogens with one attached hydrogen (secondary N) is 1. The van der Waals surface area contributed by atoms with Crippen LogP contribution in [0.5, 0.6) is 5.75 Å². The van der Waals surface area contributed by atoms with Gasteiger partial charge in [0.1, 0.15) is 12.0 Å². The number of hydrogen-bond acceptors (Lipinski definition) is 7. The first kappa shape index (κ1) is 25.9. The van der Waals surface area contributed by atoms with Crippen molar-refractivity contribution in [2.45, 2.75) is 69.8 Å². The van der Waals surface area contributed by atoms with E-state index in [-0.39, 0.29) is 36.3 Å². The monoisotopic (exact) mass is 517 g/mol. The van der Waals surface area contributed by atoms with Crippen LogP contribution < -0.4 is 21.5 Å². The van der Waals surface area contributed by atoms with Crippen LogP contribution in [0.4, 0.5) is 0 Å². The Labute approximate surface area is 222 Å². The second kappa shape index (κ2) is 10.6. The SMILES string of the molecule is CCOc1ccc(C(N)=O)cc1CN1C(=O)CC(CC/C=C\c2ccc3c(c2)CNC(O)C32CC2)N=C1N. The second-order valence-corrected chi connectivity index (χ2v) is 10.3. The third kappa shape index (κ3) is 5.16. The van der Waals surface area contributed by atoms with Crippen molar-refractivity contribution >= 4 is 23.8 Å². The van der Waals surface area contributed by atoms with Gasteiger partial charge in [0.25, 0.3) is 0 Å². The van der Waals surface area contributed by atoms with Crippen LogP contribution in [0, 0.1) is 0 Å². The van der Waals surface area contributed by atoms with E-state index in [0.717, 1.165) is 24.8 Å². The summed E-state index contributed by atoms with van der Waals surface area (Å²) in [7, 11) is 0. The maximum absolute atomic E-state index is 13.0. The van der Waals surface area contributed by atoms with Gasteiger partial charge in [0.15, 0.2) is 5.96 Å². The van der Waals surface area contributed by atoms with Gasteiger partial charge in [0.05, 0.1) is 19.2 Å². The van der Waals surface area contributed by atoms with Crippen molar-refractivity contribution in [3.05, 3.63) is 70.3 Å². The van der Waals surface area contributed by atoms with Crippen molar-refractivity contribution in [1.82, 2.24) is 10.2 Å². The lowest BCUT2D eigenvalue weighted by atomic mass is 9.85. The quantitative estimate of drug-likeness (QED) is 0.403. The molecule has 6 N–H and O–H groups in total. The Hall–Kier alpha value is -3.69. The first-order chi connectivity index (χ1) is 18.3. The molecule has 2 amide bonds. The zero-order chi connectivity index (χ0) is 26.9. The van der Waals surface area contributed by atoms with Crippen molar-refractivity contribution in [2.75, 3.05) is 6.61 Å². The highest BCUT2D eigenvalue weighted by Crippen LogP contribution is 2.53. The summed E-state index contributed by atoms with van der Waals surface area (Å²) in [6.07, 6.45) is 7.54. The number of amides is 2. The minimum atomic E-state index is -0.549. The standard InChI is InChI=1S/C29H35N5O4/c1-2-38-24-10-8-19(26(30)36)14-21(24)17-34-25(35)15-22(33-28(34)31)6-4-3-5-18-7-9-23-20(13-18)16-32-27(37)29(23)11-12-29/h3,5,7-10,13-14,22,27,32,37H,2,4,6,11-12,15-17H2,1H3,(H2,30,36)(H2,31,33)/b5-3-. The Bertz CT molecular complexity index is 1300. The van der Waals surface area contributed by atoms with Crippen LogP contribution in [0.15, 0.2) is 47.5 Å². The van der Waals surface area contributed by atoms with E-state index in [9.17, 15) is 14.7 Å². The van der Waals surface area contributed by atoms with E-state index in [1.54, 1.807) is 18.2 Å². The molecule has 0 radical (unpaired) electrons. The summed E-state index contributed by atoms with van der Waals surface area (Å²) in [5.74, 6) is 0.0795. The minimum absolute atomic E-state index is 0.0929. The predicted molar refractivity (Wildman–Crippen MR) is 145 cm³/mol. The molecule has 2 aromatic carbocycles. The molecule has 200 valence electrons. The summed E-state index contributed by atoms with van der Waals surface area (Å²) in [6, 6.07) is 11.2. The van der Waals surface area contributed by atoms with Gasteiger partial charge in [-0.3, -0.25) is 19.8 Å². The van der Waals surface area contributed by atoms with Gasteiger partial charge in [-0.2, -0.15) is 0 Å². The molecule has 1 saturated carbocycles. The third-order valence-electron chi connectivity index (χ3n) is 7.72. The Morgan fingerprint density at radius 2 is 2.11 bits per heavy atom.